The minimum absolute atomic E-state index is 0.495. The van der Waals surface area contributed by atoms with Crippen molar-refractivity contribution in [1.82, 2.24) is 4.98 Å². The topological polar surface area (TPSA) is 33.1 Å². The van der Waals surface area contributed by atoms with Crippen molar-refractivity contribution in [2.45, 2.75) is 13.0 Å². The van der Waals surface area contributed by atoms with Gasteiger partial charge < -0.3 is 5.11 Å². The number of hydrogen-bond acceptors (Lipinski definition) is 3. The number of hydrogen-bond donors (Lipinski definition) is 1. The fourth-order valence-corrected chi connectivity index (χ4v) is 2.38. The molecule has 4 heteroatoms. The van der Waals surface area contributed by atoms with Crippen molar-refractivity contribution in [3.8, 4) is 10.6 Å². The molecule has 1 aromatic heterocycles. The minimum atomic E-state index is -0.495. The fraction of sp³-hybridized carbons (Fsp3) is 0.182. The Balaban J connectivity index is 2.33. The molecule has 1 atom stereocenters. The Labute approximate surface area is 101 Å². The van der Waals surface area contributed by atoms with Crippen LogP contribution in [-0.2, 0) is 0 Å². The summed E-state index contributed by atoms with van der Waals surface area (Å²) in [5.41, 5.74) is 1.81. The standard InChI is InChI=1S/C11H10BrNOS/c1-7(14)10-6-15-11(13-10)8-2-4-9(12)5-3-8/h2-7,14H,1H3. The van der Waals surface area contributed by atoms with Gasteiger partial charge in [-0.05, 0) is 19.1 Å². The molecule has 0 aliphatic rings. The third-order valence-electron chi connectivity index (χ3n) is 2.04. The van der Waals surface area contributed by atoms with Crippen LogP contribution in [0.4, 0.5) is 0 Å². The molecule has 0 saturated heterocycles. The Hall–Kier alpha value is -0.710. The van der Waals surface area contributed by atoms with Crippen molar-refractivity contribution in [2.24, 2.45) is 0 Å². The number of aliphatic hydroxyl groups is 1. The zero-order chi connectivity index (χ0) is 10.8. The first kappa shape index (κ1) is 10.8. The normalized spacial score (nSPS) is 12.7. The van der Waals surface area contributed by atoms with Crippen LogP contribution in [-0.4, -0.2) is 10.1 Å². The number of nitrogens with zero attached hydrogens (tertiary/aromatic N) is 1. The highest BCUT2D eigenvalue weighted by Crippen LogP contribution is 2.27. The van der Waals surface area contributed by atoms with Gasteiger partial charge in [-0.2, -0.15) is 0 Å². The number of aliphatic hydroxyl groups excluding tert-OH is 1. The third kappa shape index (κ3) is 2.45. The Morgan fingerprint density at radius 3 is 2.53 bits per heavy atom. The van der Waals surface area contributed by atoms with E-state index in [-0.39, 0.29) is 0 Å². The maximum atomic E-state index is 9.36. The maximum absolute atomic E-state index is 9.36. The molecule has 0 bridgehead atoms. The lowest BCUT2D eigenvalue weighted by Crippen LogP contribution is -1.90. The zero-order valence-electron chi connectivity index (χ0n) is 8.14. The van der Waals surface area contributed by atoms with E-state index in [1.807, 2.05) is 29.6 Å². The highest BCUT2D eigenvalue weighted by atomic mass is 79.9. The number of aromatic nitrogens is 1. The van der Waals surface area contributed by atoms with Gasteiger partial charge in [-0.1, -0.05) is 28.1 Å². The maximum Gasteiger partial charge on any atom is 0.123 e. The SMILES string of the molecule is CC(O)c1csc(-c2ccc(Br)cc2)n1. The molecule has 0 aliphatic heterocycles. The quantitative estimate of drug-likeness (QED) is 0.913. The Kier molecular flexibility index (Phi) is 3.19. The molecule has 0 radical (unpaired) electrons. The van der Waals surface area contributed by atoms with Gasteiger partial charge in [0.05, 0.1) is 11.8 Å². The predicted octanol–water partition coefficient (Wildman–Crippen LogP) is 3.63. The number of halogens is 1. The largest absolute Gasteiger partial charge is 0.387 e. The molecule has 1 aromatic carbocycles. The molecule has 0 saturated carbocycles. The first-order valence-corrected chi connectivity index (χ1v) is 6.23. The van der Waals surface area contributed by atoms with E-state index in [0.29, 0.717) is 0 Å². The highest BCUT2D eigenvalue weighted by molar-refractivity contribution is 9.10. The van der Waals surface area contributed by atoms with Crippen LogP contribution in [0.3, 0.4) is 0 Å². The lowest BCUT2D eigenvalue weighted by atomic mass is 10.2. The summed E-state index contributed by atoms with van der Waals surface area (Å²) in [5.74, 6) is 0. The van der Waals surface area contributed by atoms with Crippen LogP contribution in [0.25, 0.3) is 10.6 Å². The van der Waals surface area contributed by atoms with Gasteiger partial charge in [0.1, 0.15) is 5.01 Å². The van der Waals surface area contributed by atoms with E-state index in [2.05, 4.69) is 20.9 Å². The van der Waals surface area contributed by atoms with Crippen molar-refractivity contribution in [3.05, 3.63) is 39.8 Å². The second-order valence-electron chi connectivity index (χ2n) is 3.26. The van der Waals surface area contributed by atoms with E-state index in [1.165, 1.54) is 0 Å². The zero-order valence-corrected chi connectivity index (χ0v) is 10.5. The van der Waals surface area contributed by atoms with E-state index < -0.39 is 6.10 Å². The average Bonchev–Trinajstić information content (AvgIpc) is 2.68. The second-order valence-corrected chi connectivity index (χ2v) is 5.03. The van der Waals surface area contributed by atoms with Crippen LogP contribution in [0, 0.1) is 0 Å². The lowest BCUT2D eigenvalue weighted by molar-refractivity contribution is 0.195. The average molecular weight is 284 g/mol. The lowest BCUT2D eigenvalue weighted by Gasteiger charge is -1.98. The Morgan fingerprint density at radius 2 is 2.00 bits per heavy atom. The predicted molar refractivity (Wildman–Crippen MR) is 65.9 cm³/mol. The summed E-state index contributed by atoms with van der Waals surface area (Å²) in [6.07, 6.45) is -0.495. The summed E-state index contributed by atoms with van der Waals surface area (Å²) in [4.78, 5) is 4.36. The number of thiazole rings is 1. The summed E-state index contributed by atoms with van der Waals surface area (Å²) in [6, 6.07) is 7.99. The van der Waals surface area contributed by atoms with E-state index in [4.69, 9.17) is 0 Å². The number of benzene rings is 1. The van der Waals surface area contributed by atoms with Crippen LogP contribution >= 0.6 is 27.3 Å². The van der Waals surface area contributed by atoms with Crippen molar-refractivity contribution >= 4 is 27.3 Å². The first-order valence-electron chi connectivity index (χ1n) is 4.56. The molecule has 15 heavy (non-hydrogen) atoms. The van der Waals surface area contributed by atoms with Crippen molar-refractivity contribution in [1.29, 1.82) is 0 Å². The molecule has 0 spiro atoms. The van der Waals surface area contributed by atoms with E-state index in [9.17, 15) is 5.11 Å². The summed E-state index contributed by atoms with van der Waals surface area (Å²) >= 11 is 4.94. The third-order valence-corrected chi connectivity index (χ3v) is 3.48. The monoisotopic (exact) mass is 283 g/mol. The van der Waals surface area contributed by atoms with Crippen molar-refractivity contribution in [2.75, 3.05) is 0 Å². The van der Waals surface area contributed by atoms with Crippen LogP contribution < -0.4 is 0 Å². The van der Waals surface area contributed by atoms with Gasteiger partial charge in [0.2, 0.25) is 0 Å². The summed E-state index contributed by atoms with van der Waals surface area (Å²) < 4.78 is 1.05. The van der Waals surface area contributed by atoms with Gasteiger partial charge in [-0.3, -0.25) is 0 Å². The Morgan fingerprint density at radius 1 is 1.33 bits per heavy atom. The smallest absolute Gasteiger partial charge is 0.123 e. The molecule has 1 N–H and O–H groups in total. The van der Waals surface area contributed by atoms with Crippen LogP contribution in [0.1, 0.15) is 18.7 Å². The molecule has 1 heterocycles. The molecule has 1 unspecified atom stereocenters. The van der Waals surface area contributed by atoms with E-state index in [1.54, 1.807) is 18.3 Å². The molecular formula is C11H10BrNOS. The van der Waals surface area contributed by atoms with Crippen LogP contribution in [0.2, 0.25) is 0 Å². The number of rotatable bonds is 2. The van der Waals surface area contributed by atoms with Gasteiger partial charge in [0.25, 0.3) is 0 Å². The second kappa shape index (κ2) is 4.43. The van der Waals surface area contributed by atoms with E-state index in [0.717, 1.165) is 20.7 Å². The van der Waals surface area contributed by atoms with Gasteiger partial charge >= 0.3 is 0 Å². The highest BCUT2D eigenvalue weighted by Gasteiger charge is 2.07. The van der Waals surface area contributed by atoms with Gasteiger partial charge in [0, 0.05) is 15.4 Å². The van der Waals surface area contributed by atoms with Crippen molar-refractivity contribution in [3.63, 3.8) is 0 Å². The summed E-state index contributed by atoms with van der Waals surface area (Å²) in [7, 11) is 0. The van der Waals surface area contributed by atoms with Crippen LogP contribution in [0.15, 0.2) is 34.1 Å². The molecule has 0 fully saturated rings. The van der Waals surface area contributed by atoms with E-state index >= 15 is 0 Å². The molecular weight excluding hydrogens is 274 g/mol. The molecule has 78 valence electrons. The minimum Gasteiger partial charge on any atom is -0.387 e. The Bertz CT molecular complexity index is 450. The fourth-order valence-electron chi connectivity index (χ4n) is 1.20. The molecule has 0 aliphatic carbocycles. The van der Waals surface area contributed by atoms with Gasteiger partial charge in [-0.15, -0.1) is 11.3 Å². The molecule has 2 nitrogen and oxygen atoms in total. The molecule has 2 rings (SSSR count). The summed E-state index contributed by atoms with van der Waals surface area (Å²) in [5, 5.41) is 12.2. The van der Waals surface area contributed by atoms with Gasteiger partial charge in [0.15, 0.2) is 0 Å². The summed E-state index contributed by atoms with van der Waals surface area (Å²) in [6.45, 7) is 1.72. The van der Waals surface area contributed by atoms with Gasteiger partial charge in [-0.25, -0.2) is 4.98 Å². The van der Waals surface area contributed by atoms with Crippen molar-refractivity contribution < 1.29 is 5.11 Å². The molecule has 2 aromatic rings. The first-order chi connectivity index (χ1) is 7.16. The van der Waals surface area contributed by atoms with Crippen LogP contribution in [0.5, 0.6) is 0 Å². The molecule has 0 amide bonds.